The molecular weight excluding hydrogens is 256 g/mol. The van der Waals surface area contributed by atoms with E-state index in [-0.39, 0.29) is 6.42 Å². The lowest BCUT2D eigenvalue weighted by Gasteiger charge is -2.16. The summed E-state index contributed by atoms with van der Waals surface area (Å²) in [5, 5.41) is 18.6. The maximum absolute atomic E-state index is 10.5. The second kappa shape index (κ2) is 7.23. The molecule has 0 aliphatic carbocycles. The largest absolute Gasteiger partial charge is 0.390 e. The van der Waals surface area contributed by atoms with E-state index in [1.807, 2.05) is 13.0 Å². The summed E-state index contributed by atoms with van der Waals surface area (Å²) in [6, 6.07) is 0. The van der Waals surface area contributed by atoms with Gasteiger partial charge in [0.1, 0.15) is 0 Å². The Bertz CT molecular complexity index is 364. The molecule has 0 heterocycles. The third-order valence-electron chi connectivity index (χ3n) is 2.61. The third kappa shape index (κ3) is 9.58. The number of hydrogen-bond donors (Lipinski definition) is 3. The van der Waals surface area contributed by atoms with Gasteiger partial charge in [0, 0.05) is 0 Å². The number of aliphatic hydroxyl groups excluding tert-OH is 1. The highest BCUT2D eigenvalue weighted by Crippen LogP contribution is 2.16. The predicted octanol–water partition coefficient (Wildman–Crippen LogP) is 1.86. The molecule has 6 heteroatoms. The molecule has 0 aromatic rings. The van der Waals surface area contributed by atoms with Gasteiger partial charge >= 0.3 is 0 Å². The van der Waals surface area contributed by atoms with Crippen molar-refractivity contribution in [1.29, 1.82) is 0 Å². The molecule has 0 saturated heterocycles. The van der Waals surface area contributed by atoms with Crippen molar-refractivity contribution in [1.82, 2.24) is 0 Å². The zero-order valence-electron chi connectivity index (χ0n) is 11.3. The van der Waals surface area contributed by atoms with Crippen molar-refractivity contribution in [2.75, 3.05) is 0 Å². The highest BCUT2D eigenvalue weighted by atomic mass is 32.2. The van der Waals surface area contributed by atoms with Gasteiger partial charge in [-0.25, -0.2) is 0 Å². The van der Waals surface area contributed by atoms with Crippen molar-refractivity contribution < 1.29 is 23.2 Å². The molecule has 0 saturated carbocycles. The molecule has 3 N–H and O–H groups in total. The van der Waals surface area contributed by atoms with Gasteiger partial charge in [0.25, 0.3) is 10.1 Å². The van der Waals surface area contributed by atoms with Crippen LogP contribution >= 0.6 is 0 Å². The Hall–Kier alpha value is -0.430. The molecule has 108 valence electrons. The first-order valence-electron chi connectivity index (χ1n) is 6.05. The second-order valence-electron chi connectivity index (χ2n) is 5.26. The Morgan fingerprint density at radius 2 is 1.94 bits per heavy atom. The minimum atomic E-state index is -4.34. The van der Waals surface area contributed by atoms with Crippen LogP contribution in [0.3, 0.4) is 0 Å². The first-order valence-corrected chi connectivity index (χ1v) is 7.55. The van der Waals surface area contributed by atoms with Crippen molar-refractivity contribution in [3.63, 3.8) is 0 Å². The Labute approximate surface area is 109 Å². The summed E-state index contributed by atoms with van der Waals surface area (Å²) in [4.78, 5) is 0. The van der Waals surface area contributed by atoms with Gasteiger partial charge in [-0.3, -0.25) is 4.55 Å². The van der Waals surface area contributed by atoms with E-state index in [2.05, 4.69) is 0 Å². The van der Waals surface area contributed by atoms with Gasteiger partial charge in [-0.2, -0.15) is 8.42 Å². The minimum absolute atomic E-state index is 0.0122. The van der Waals surface area contributed by atoms with Crippen molar-refractivity contribution in [2.45, 2.75) is 63.9 Å². The molecule has 18 heavy (non-hydrogen) atoms. The molecule has 0 radical (unpaired) electrons. The number of rotatable bonds is 8. The quantitative estimate of drug-likeness (QED) is 0.466. The molecule has 0 rings (SSSR count). The van der Waals surface area contributed by atoms with E-state index in [9.17, 15) is 13.5 Å². The highest BCUT2D eigenvalue weighted by molar-refractivity contribution is 7.86. The fourth-order valence-electron chi connectivity index (χ4n) is 1.52. The van der Waals surface area contributed by atoms with Gasteiger partial charge in [0.05, 0.1) is 5.60 Å². The lowest BCUT2D eigenvalue weighted by Crippen LogP contribution is -2.19. The Kier molecular flexibility index (Phi) is 7.06. The summed E-state index contributed by atoms with van der Waals surface area (Å²) in [6.07, 6.45) is 4.61. The lowest BCUT2D eigenvalue weighted by molar-refractivity contribution is 0.0689. The van der Waals surface area contributed by atoms with E-state index in [1.165, 1.54) is 0 Å². The van der Waals surface area contributed by atoms with E-state index in [1.54, 1.807) is 13.8 Å². The summed E-state index contributed by atoms with van der Waals surface area (Å²) in [7, 11) is -4.34. The average molecular weight is 280 g/mol. The first kappa shape index (κ1) is 17.6. The van der Waals surface area contributed by atoms with Gasteiger partial charge < -0.3 is 10.2 Å². The maximum atomic E-state index is 10.5. The van der Waals surface area contributed by atoms with E-state index < -0.39 is 21.2 Å². The number of aliphatic hydroxyl groups is 2. The molecular formula is C12H24O5S. The molecule has 0 fully saturated rings. The Morgan fingerprint density at radius 3 is 2.39 bits per heavy atom. The average Bonchev–Trinajstić information content (AvgIpc) is 2.13. The predicted molar refractivity (Wildman–Crippen MR) is 70.7 cm³/mol. The minimum Gasteiger partial charge on any atom is -0.390 e. The summed E-state index contributed by atoms with van der Waals surface area (Å²) in [5.41, 5.74) is -1.29. The molecule has 0 aliphatic rings. The highest BCUT2D eigenvalue weighted by Gasteiger charge is 2.18. The summed E-state index contributed by atoms with van der Waals surface area (Å²) in [5.74, 6) is 0. The van der Waals surface area contributed by atoms with Gasteiger partial charge in [0.2, 0.25) is 0 Å². The van der Waals surface area contributed by atoms with Crippen LogP contribution in [0, 0.1) is 0 Å². The van der Waals surface area contributed by atoms with E-state index >= 15 is 0 Å². The van der Waals surface area contributed by atoms with Crippen LogP contribution < -0.4 is 0 Å². The van der Waals surface area contributed by atoms with Crippen LogP contribution in [0.25, 0.3) is 0 Å². The van der Waals surface area contributed by atoms with Gasteiger partial charge in [-0.15, -0.1) is 0 Å². The van der Waals surface area contributed by atoms with Crippen molar-refractivity contribution >= 4 is 10.1 Å². The third-order valence-corrected chi connectivity index (χ3v) is 3.53. The normalized spacial score (nSPS) is 15.8. The molecule has 0 amide bonds. The van der Waals surface area contributed by atoms with E-state index in [0.29, 0.717) is 12.8 Å². The SMILES string of the molecule is C/C(=C\CCC(O)S(=O)(=O)O)CCCC(C)(C)O. The summed E-state index contributed by atoms with van der Waals surface area (Å²) in [6.45, 7) is 5.44. The smallest absolute Gasteiger partial charge is 0.292 e. The molecule has 0 aromatic carbocycles. The number of hydrogen-bond acceptors (Lipinski definition) is 4. The van der Waals surface area contributed by atoms with Crippen LogP contribution in [-0.2, 0) is 10.1 Å². The molecule has 0 aliphatic heterocycles. The van der Waals surface area contributed by atoms with Gasteiger partial charge in [-0.1, -0.05) is 11.6 Å². The molecule has 0 bridgehead atoms. The van der Waals surface area contributed by atoms with E-state index in [4.69, 9.17) is 9.66 Å². The lowest BCUT2D eigenvalue weighted by atomic mass is 9.99. The monoisotopic (exact) mass is 280 g/mol. The van der Waals surface area contributed by atoms with Crippen LogP contribution in [0.1, 0.15) is 52.9 Å². The topological polar surface area (TPSA) is 94.8 Å². The molecule has 5 nitrogen and oxygen atoms in total. The standard InChI is InChI=1S/C12H24O5S/c1-10(7-5-9-12(2,3)14)6-4-8-11(13)18(15,16)17/h6,11,13-14H,4-5,7-9H2,1-3H3,(H,15,16,17)/b10-6+. The first-order chi connectivity index (χ1) is 8.02. The zero-order valence-corrected chi connectivity index (χ0v) is 12.1. The maximum Gasteiger partial charge on any atom is 0.292 e. The van der Waals surface area contributed by atoms with Gasteiger partial charge in [-0.05, 0) is 52.9 Å². The second-order valence-corrected chi connectivity index (χ2v) is 6.84. The van der Waals surface area contributed by atoms with Crippen molar-refractivity contribution in [3.8, 4) is 0 Å². The van der Waals surface area contributed by atoms with Crippen LogP contribution in [0.5, 0.6) is 0 Å². The fourth-order valence-corrected chi connectivity index (χ4v) is 1.96. The Balaban J connectivity index is 3.92. The number of allylic oxidation sites excluding steroid dienone is 2. The Morgan fingerprint density at radius 1 is 1.39 bits per heavy atom. The van der Waals surface area contributed by atoms with Crippen LogP contribution in [0.2, 0.25) is 0 Å². The zero-order chi connectivity index (χ0) is 14.4. The summed E-state index contributed by atoms with van der Waals surface area (Å²) >= 11 is 0. The van der Waals surface area contributed by atoms with E-state index in [0.717, 1.165) is 18.4 Å². The summed E-state index contributed by atoms with van der Waals surface area (Å²) < 4.78 is 29.6. The molecule has 1 atom stereocenters. The van der Waals surface area contributed by atoms with Crippen molar-refractivity contribution in [3.05, 3.63) is 11.6 Å². The van der Waals surface area contributed by atoms with Crippen LogP contribution in [0.4, 0.5) is 0 Å². The van der Waals surface area contributed by atoms with Gasteiger partial charge in [0.15, 0.2) is 5.44 Å². The fraction of sp³-hybridized carbons (Fsp3) is 0.833. The molecule has 0 aromatic heterocycles. The van der Waals surface area contributed by atoms with Crippen LogP contribution in [-0.4, -0.2) is 34.2 Å². The molecule has 0 spiro atoms. The van der Waals surface area contributed by atoms with Crippen LogP contribution in [0.15, 0.2) is 11.6 Å². The molecule has 1 unspecified atom stereocenters. The van der Waals surface area contributed by atoms with Crippen molar-refractivity contribution in [2.24, 2.45) is 0 Å².